The van der Waals surface area contributed by atoms with Gasteiger partial charge in [0, 0.05) is 5.56 Å². The molecule has 120 valence electrons. The van der Waals surface area contributed by atoms with Gasteiger partial charge in [0.2, 0.25) is 5.75 Å². The largest absolute Gasteiger partial charge is 0.504 e. The van der Waals surface area contributed by atoms with Gasteiger partial charge < -0.3 is 10.2 Å². The van der Waals surface area contributed by atoms with E-state index in [4.69, 9.17) is 0 Å². The van der Waals surface area contributed by atoms with E-state index in [2.05, 4.69) is 0 Å². The Kier molecular flexibility index (Phi) is 3.92. The molecule has 0 saturated heterocycles. The maximum atomic E-state index is 11.6. The number of nitro benzene ring substituents is 1. The zero-order valence-electron chi connectivity index (χ0n) is 12.9. The molecule has 0 heterocycles. The highest BCUT2D eigenvalue weighted by atomic mass is 16.6. The number of hydrogen-bond donors (Lipinski definition) is 2. The van der Waals surface area contributed by atoms with Gasteiger partial charge in [0.1, 0.15) is 0 Å². The van der Waals surface area contributed by atoms with Crippen LogP contribution in [0.25, 0.3) is 22.3 Å². The second-order valence-electron chi connectivity index (χ2n) is 5.50. The summed E-state index contributed by atoms with van der Waals surface area (Å²) in [6, 6.07) is 17.6. The molecule has 0 unspecified atom stereocenters. The molecule has 3 rings (SSSR count). The van der Waals surface area contributed by atoms with Gasteiger partial charge in [-0.25, -0.2) is 0 Å². The van der Waals surface area contributed by atoms with Gasteiger partial charge in [-0.2, -0.15) is 0 Å². The highest BCUT2D eigenvalue weighted by Crippen LogP contribution is 2.48. The van der Waals surface area contributed by atoms with Gasteiger partial charge >= 0.3 is 5.69 Å². The predicted octanol–water partition coefficient (Wildman–Crippen LogP) is 4.65. The minimum atomic E-state index is -0.727. The third-order valence-electron chi connectivity index (χ3n) is 3.86. The second-order valence-corrected chi connectivity index (χ2v) is 5.50. The van der Waals surface area contributed by atoms with Gasteiger partial charge in [0.15, 0.2) is 5.75 Å². The lowest BCUT2D eigenvalue weighted by Gasteiger charge is -2.13. The normalized spacial score (nSPS) is 10.5. The van der Waals surface area contributed by atoms with Gasteiger partial charge in [-0.05, 0) is 24.1 Å². The first kappa shape index (κ1) is 15.6. The minimum absolute atomic E-state index is 0.279. The van der Waals surface area contributed by atoms with E-state index in [0.717, 1.165) is 5.56 Å². The van der Waals surface area contributed by atoms with Crippen molar-refractivity contribution in [1.29, 1.82) is 0 Å². The molecular formula is C19H15NO4. The second kappa shape index (κ2) is 6.04. The molecule has 5 nitrogen and oxygen atoms in total. The van der Waals surface area contributed by atoms with Crippen molar-refractivity contribution >= 4 is 5.69 Å². The first-order valence-electron chi connectivity index (χ1n) is 7.35. The fourth-order valence-electron chi connectivity index (χ4n) is 2.68. The number of aromatic hydroxyl groups is 2. The molecule has 5 heteroatoms. The lowest BCUT2D eigenvalue weighted by atomic mass is 9.92. The van der Waals surface area contributed by atoms with Crippen LogP contribution < -0.4 is 0 Å². The number of benzene rings is 3. The Morgan fingerprint density at radius 1 is 0.917 bits per heavy atom. The molecule has 0 saturated carbocycles. The van der Waals surface area contributed by atoms with Crippen LogP contribution in [0.4, 0.5) is 5.69 Å². The molecule has 0 atom stereocenters. The smallest absolute Gasteiger partial charge is 0.323 e. The highest BCUT2D eigenvalue weighted by Gasteiger charge is 2.28. The van der Waals surface area contributed by atoms with Crippen LogP contribution in [0.1, 0.15) is 5.56 Å². The predicted molar refractivity (Wildman–Crippen MR) is 92.0 cm³/mol. The van der Waals surface area contributed by atoms with Crippen LogP contribution in [0, 0.1) is 17.0 Å². The summed E-state index contributed by atoms with van der Waals surface area (Å²) in [5.74, 6) is -1.24. The molecule has 3 aromatic rings. The van der Waals surface area contributed by atoms with Crippen LogP contribution in [0.15, 0.2) is 60.7 Å². The Bertz CT molecular complexity index is 903. The van der Waals surface area contributed by atoms with E-state index in [1.807, 2.05) is 37.3 Å². The maximum absolute atomic E-state index is 11.6. The summed E-state index contributed by atoms with van der Waals surface area (Å²) < 4.78 is 0. The van der Waals surface area contributed by atoms with Crippen molar-refractivity contribution in [3.8, 4) is 33.8 Å². The number of phenols is 2. The summed E-state index contributed by atoms with van der Waals surface area (Å²) in [6.07, 6.45) is 0. The molecule has 0 aromatic heterocycles. The average Bonchev–Trinajstić information content (AvgIpc) is 2.58. The molecule has 0 aliphatic heterocycles. The van der Waals surface area contributed by atoms with Crippen LogP contribution >= 0.6 is 0 Å². The van der Waals surface area contributed by atoms with Crippen LogP contribution in [0.3, 0.4) is 0 Å². The average molecular weight is 321 g/mol. The van der Waals surface area contributed by atoms with E-state index in [1.165, 1.54) is 6.07 Å². The number of phenolic OH excluding ortho intramolecular Hbond substituents is 2. The molecule has 0 spiro atoms. The number of hydrogen-bond acceptors (Lipinski definition) is 4. The third kappa shape index (κ3) is 2.67. The van der Waals surface area contributed by atoms with Crippen LogP contribution in [-0.2, 0) is 0 Å². The molecule has 2 N–H and O–H groups in total. The van der Waals surface area contributed by atoms with E-state index in [9.17, 15) is 20.3 Å². The van der Waals surface area contributed by atoms with Gasteiger partial charge in [-0.15, -0.1) is 0 Å². The van der Waals surface area contributed by atoms with Gasteiger partial charge in [-0.3, -0.25) is 10.1 Å². The van der Waals surface area contributed by atoms with Crippen molar-refractivity contribution in [2.24, 2.45) is 0 Å². The van der Waals surface area contributed by atoms with Gasteiger partial charge in [0.05, 0.1) is 10.5 Å². The number of nitrogens with zero attached hydrogens (tertiary/aromatic N) is 1. The van der Waals surface area contributed by atoms with E-state index >= 15 is 0 Å². The summed E-state index contributed by atoms with van der Waals surface area (Å²) in [4.78, 5) is 10.9. The van der Waals surface area contributed by atoms with Crippen molar-refractivity contribution in [1.82, 2.24) is 0 Å². The summed E-state index contributed by atoms with van der Waals surface area (Å²) in [7, 11) is 0. The quantitative estimate of drug-likeness (QED) is 0.418. The van der Waals surface area contributed by atoms with Crippen LogP contribution in [0.5, 0.6) is 11.5 Å². The van der Waals surface area contributed by atoms with Gasteiger partial charge in [-0.1, -0.05) is 60.2 Å². The standard InChI is InChI=1S/C19H15NO4/c1-12-7-9-14(10-8-12)17-15(13-5-3-2-4-6-13)11-16(21)19(22)18(17)20(23)24/h2-11,21-22H,1H3. The van der Waals surface area contributed by atoms with Crippen molar-refractivity contribution in [3.63, 3.8) is 0 Å². The maximum Gasteiger partial charge on any atom is 0.323 e. The molecule has 0 aliphatic rings. The molecule has 0 aliphatic carbocycles. The summed E-state index contributed by atoms with van der Waals surface area (Å²) in [5, 5.41) is 31.5. The molecule has 0 amide bonds. The Morgan fingerprint density at radius 3 is 2.12 bits per heavy atom. The van der Waals surface area contributed by atoms with Crippen molar-refractivity contribution in [2.75, 3.05) is 0 Å². The van der Waals surface area contributed by atoms with Crippen LogP contribution in [-0.4, -0.2) is 15.1 Å². The summed E-state index contributed by atoms with van der Waals surface area (Å²) in [5.41, 5.74) is 2.60. The Balaban J connectivity index is 2.41. The van der Waals surface area contributed by atoms with Crippen molar-refractivity contribution in [2.45, 2.75) is 6.92 Å². The minimum Gasteiger partial charge on any atom is -0.504 e. The monoisotopic (exact) mass is 321 g/mol. The number of rotatable bonds is 3. The highest BCUT2D eigenvalue weighted by molar-refractivity contribution is 5.93. The molecular weight excluding hydrogens is 306 g/mol. The molecule has 3 aromatic carbocycles. The van der Waals surface area contributed by atoms with E-state index in [0.29, 0.717) is 16.7 Å². The Labute approximate surface area is 138 Å². The fraction of sp³-hybridized carbons (Fsp3) is 0.0526. The molecule has 0 fully saturated rings. The fourth-order valence-corrected chi connectivity index (χ4v) is 2.68. The lowest BCUT2D eigenvalue weighted by molar-refractivity contribution is -0.385. The van der Waals surface area contributed by atoms with E-state index in [1.54, 1.807) is 24.3 Å². The summed E-state index contributed by atoms with van der Waals surface area (Å²) >= 11 is 0. The zero-order valence-corrected chi connectivity index (χ0v) is 12.9. The third-order valence-corrected chi connectivity index (χ3v) is 3.86. The van der Waals surface area contributed by atoms with E-state index < -0.39 is 22.1 Å². The zero-order chi connectivity index (χ0) is 17.3. The number of nitro groups is 1. The Morgan fingerprint density at radius 2 is 1.54 bits per heavy atom. The van der Waals surface area contributed by atoms with Crippen molar-refractivity contribution in [3.05, 3.63) is 76.3 Å². The SMILES string of the molecule is Cc1ccc(-c2c(-c3ccccc3)cc(O)c(O)c2[N+](=O)[O-])cc1. The molecule has 0 radical (unpaired) electrons. The number of aryl methyl sites for hydroxylation is 1. The van der Waals surface area contributed by atoms with Gasteiger partial charge in [0.25, 0.3) is 0 Å². The first-order chi connectivity index (χ1) is 11.5. The molecule has 24 heavy (non-hydrogen) atoms. The Hall–Kier alpha value is -3.34. The van der Waals surface area contributed by atoms with Crippen molar-refractivity contribution < 1.29 is 15.1 Å². The van der Waals surface area contributed by atoms with Crippen LogP contribution in [0.2, 0.25) is 0 Å². The lowest BCUT2D eigenvalue weighted by Crippen LogP contribution is -1.96. The first-order valence-corrected chi connectivity index (χ1v) is 7.35. The summed E-state index contributed by atoms with van der Waals surface area (Å²) in [6.45, 7) is 1.92. The molecule has 0 bridgehead atoms. The van der Waals surface area contributed by atoms with E-state index in [-0.39, 0.29) is 5.56 Å². The topological polar surface area (TPSA) is 83.6 Å².